The van der Waals surface area contributed by atoms with Crippen LogP contribution in [0.25, 0.3) is 0 Å². The highest BCUT2D eigenvalue weighted by molar-refractivity contribution is 6.30. The number of halogens is 1. The molecule has 0 heterocycles. The highest BCUT2D eigenvalue weighted by atomic mass is 35.5. The van der Waals surface area contributed by atoms with Crippen LogP contribution in [0.5, 0.6) is 0 Å². The Balaban J connectivity index is 2.34. The Labute approximate surface area is 124 Å². The van der Waals surface area contributed by atoms with E-state index in [1.54, 1.807) is 31.2 Å². The summed E-state index contributed by atoms with van der Waals surface area (Å²) in [6, 6.07) is 6.49. The molecule has 0 bridgehead atoms. The summed E-state index contributed by atoms with van der Waals surface area (Å²) in [4.78, 5) is 23.3. The molecule has 3 N–H and O–H groups in total. The zero-order valence-electron chi connectivity index (χ0n) is 11.7. The molecule has 1 atom stereocenters. The predicted octanol–water partition coefficient (Wildman–Crippen LogP) is 1.78. The molecule has 0 aliphatic heterocycles. The molecule has 0 spiro atoms. The van der Waals surface area contributed by atoms with E-state index in [-0.39, 0.29) is 18.4 Å². The highest BCUT2D eigenvalue weighted by Gasteiger charge is 2.12. The largest absolute Gasteiger partial charge is 0.355 e. The lowest BCUT2D eigenvalue weighted by atomic mass is 10.3. The van der Waals surface area contributed by atoms with Gasteiger partial charge >= 0.3 is 0 Å². The highest BCUT2D eigenvalue weighted by Crippen LogP contribution is 2.14. The molecule has 20 heavy (non-hydrogen) atoms. The summed E-state index contributed by atoms with van der Waals surface area (Å²) in [6.45, 7) is 4.40. The van der Waals surface area contributed by atoms with Gasteiger partial charge in [-0.1, -0.05) is 24.6 Å². The fourth-order valence-electron chi connectivity index (χ4n) is 1.51. The summed E-state index contributed by atoms with van der Waals surface area (Å²) in [6.07, 6.45) is 0.883. The number of benzene rings is 1. The summed E-state index contributed by atoms with van der Waals surface area (Å²) >= 11 is 5.83. The number of nitrogens with one attached hydrogen (secondary N) is 3. The molecule has 0 fully saturated rings. The number of rotatable bonds is 7. The van der Waals surface area contributed by atoms with Crippen molar-refractivity contribution in [2.45, 2.75) is 26.3 Å². The van der Waals surface area contributed by atoms with Crippen LogP contribution >= 0.6 is 11.6 Å². The average molecular weight is 298 g/mol. The van der Waals surface area contributed by atoms with Crippen LogP contribution in [-0.4, -0.2) is 30.9 Å². The molecule has 1 unspecified atom stereocenters. The minimum absolute atomic E-state index is 0.0627. The van der Waals surface area contributed by atoms with Gasteiger partial charge in [-0.2, -0.15) is 0 Å². The second kappa shape index (κ2) is 8.55. The van der Waals surface area contributed by atoms with E-state index in [4.69, 9.17) is 11.6 Å². The lowest BCUT2D eigenvalue weighted by Gasteiger charge is -2.13. The van der Waals surface area contributed by atoms with Gasteiger partial charge in [-0.25, -0.2) is 0 Å². The molecular weight excluding hydrogens is 278 g/mol. The molecule has 0 saturated carbocycles. The van der Waals surface area contributed by atoms with Crippen LogP contribution in [0, 0.1) is 0 Å². The van der Waals surface area contributed by atoms with E-state index in [2.05, 4.69) is 16.0 Å². The molecule has 5 nitrogen and oxygen atoms in total. The van der Waals surface area contributed by atoms with Gasteiger partial charge in [0.1, 0.15) is 0 Å². The molecule has 110 valence electrons. The lowest BCUT2D eigenvalue weighted by molar-refractivity contribution is -0.123. The molecule has 6 heteroatoms. The van der Waals surface area contributed by atoms with Gasteiger partial charge in [-0.05, 0) is 31.5 Å². The smallest absolute Gasteiger partial charge is 0.238 e. The van der Waals surface area contributed by atoms with Crippen LogP contribution in [0.3, 0.4) is 0 Å². The van der Waals surface area contributed by atoms with E-state index >= 15 is 0 Å². The Kier molecular flexibility index (Phi) is 7.04. The fraction of sp³-hybridized carbons (Fsp3) is 0.429. The first-order valence-corrected chi connectivity index (χ1v) is 6.97. The third-order valence-electron chi connectivity index (χ3n) is 2.62. The lowest BCUT2D eigenvalue weighted by Crippen LogP contribution is -2.45. The van der Waals surface area contributed by atoms with Crippen LogP contribution in [0.4, 0.5) is 5.69 Å². The minimum Gasteiger partial charge on any atom is -0.355 e. The SMILES string of the molecule is CCCNC(=O)C(C)NCC(=O)Nc1cccc(Cl)c1. The zero-order valence-corrected chi connectivity index (χ0v) is 12.5. The summed E-state index contributed by atoms with van der Waals surface area (Å²) < 4.78 is 0. The van der Waals surface area contributed by atoms with Crippen molar-refractivity contribution in [1.82, 2.24) is 10.6 Å². The average Bonchev–Trinajstić information content (AvgIpc) is 2.42. The van der Waals surface area contributed by atoms with E-state index in [9.17, 15) is 9.59 Å². The molecule has 0 radical (unpaired) electrons. The van der Waals surface area contributed by atoms with Crippen molar-refractivity contribution in [3.8, 4) is 0 Å². The molecule has 0 aromatic heterocycles. The minimum atomic E-state index is -0.410. The van der Waals surface area contributed by atoms with Gasteiger partial charge in [-0.3, -0.25) is 14.9 Å². The topological polar surface area (TPSA) is 70.2 Å². The third kappa shape index (κ3) is 6.04. The Bertz CT molecular complexity index is 465. The first-order chi connectivity index (χ1) is 9.52. The number of carbonyl (C=O) groups is 2. The Morgan fingerprint density at radius 1 is 1.35 bits per heavy atom. The fourth-order valence-corrected chi connectivity index (χ4v) is 1.70. The summed E-state index contributed by atoms with van der Waals surface area (Å²) in [5.41, 5.74) is 0.632. The van der Waals surface area contributed by atoms with Crippen LogP contribution in [-0.2, 0) is 9.59 Å². The molecular formula is C14H20ClN3O2. The summed E-state index contributed by atoms with van der Waals surface area (Å²) in [5.74, 6) is -0.329. The molecule has 0 aliphatic carbocycles. The van der Waals surface area contributed by atoms with Crippen LogP contribution in [0.1, 0.15) is 20.3 Å². The molecule has 0 saturated heterocycles. The standard InChI is InChI=1S/C14H20ClN3O2/c1-3-7-16-14(20)10(2)17-9-13(19)18-12-6-4-5-11(15)8-12/h4-6,8,10,17H,3,7,9H2,1-2H3,(H,16,20)(H,18,19). The maximum atomic E-state index is 11.7. The van der Waals surface area contributed by atoms with Crippen molar-refractivity contribution in [2.24, 2.45) is 0 Å². The van der Waals surface area contributed by atoms with Gasteiger partial charge in [0.15, 0.2) is 0 Å². The van der Waals surface area contributed by atoms with E-state index in [1.165, 1.54) is 0 Å². The number of amides is 2. The summed E-state index contributed by atoms with van der Waals surface area (Å²) in [7, 11) is 0. The number of anilines is 1. The quantitative estimate of drug-likeness (QED) is 0.718. The van der Waals surface area contributed by atoms with E-state index in [1.807, 2.05) is 6.92 Å². The maximum Gasteiger partial charge on any atom is 0.238 e. The van der Waals surface area contributed by atoms with Crippen LogP contribution < -0.4 is 16.0 Å². The van der Waals surface area contributed by atoms with Crippen molar-refractivity contribution < 1.29 is 9.59 Å². The van der Waals surface area contributed by atoms with Gasteiger partial charge in [-0.15, -0.1) is 0 Å². The van der Waals surface area contributed by atoms with E-state index in [0.717, 1.165) is 6.42 Å². The van der Waals surface area contributed by atoms with Crippen LogP contribution in [0.15, 0.2) is 24.3 Å². The number of hydrogen-bond acceptors (Lipinski definition) is 3. The maximum absolute atomic E-state index is 11.7. The first-order valence-electron chi connectivity index (χ1n) is 6.59. The molecule has 1 aromatic carbocycles. The Hall–Kier alpha value is -1.59. The molecule has 2 amide bonds. The molecule has 1 aromatic rings. The van der Waals surface area contributed by atoms with Gasteiger partial charge in [0.05, 0.1) is 12.6 Å². The van der Waals surface area contributed by atoms with Gasteiger partial charge < -0.3 is 10.6 Å². The van der Waals surface area contributed by atoms with Gasteiger partial charge in [0.2, 0.25) is 11.8 Å². The Morgan fingerprint density at radius 3 is 2.75 bits per heavy atom. The van der Waals surface area contributed by atoms with Crippen molar-refractivity contribution in [3.05, 3.63) is 29.3 Å². The van der Waals surface area contributed by atoms with Gasteiger partial charge in [0, 0.05) is 17.3 Å². The van der Waals surface area contributed by atoms with Crippen molar-refractivity contribution in [2.75, 3.05) is 18.4 Å². The number of carbonyl (C=O) groups excluding carboxylic acids is 2. The monoisotopic (exact) mass is 297 g/mol. The zero-order chi connectivity index (χ0) is 15.0. The third-order valence-corrected chi connectivity index (χ3v) is 2.85. The Morgan fingerprint density at radius 2 is 2.10 bits per heavy atom. The van der Waals surface area contributed by atoms with Crippen molar-refractivity contribution >= 4 is 29.1 Å². The predicted molar refractivity (Wildman–Crippen MR) is 80.8 cm³/mol. The van der Waals surface area contributed by atoms with Crippen LogP contribution in [0.2, 0.25) is 5.02 Å². The second-order valence-corrected chi connectivity index (χ2v) is 4.89. The number of hydrogen-bond donors (Lipinski definition) is 3. The van der Waals surface area contributed by atoms with E-state index < -0.39 is 6.04 Å². The normalized spacial score (nSPS) is 11.8. The van der Waals surface area contributed by atoms with Crippen molar-refractivity contribution in [3.63, 3.8) is 0 Å². The second-order valence-electron chi connectivity index (χ2n) is 4.45. The van der Waals surface area contributed by atoms with E-state index in [0.29, 0.717) is 17.3 Å². The molecule has 0 aliphatic rings. The van der Waals surface area contributed by atoms with Gasteiger partial charge in [0.25, 0.3) is 0 Å². The summed E-state index contributed by atoms with van der Waals surface area (Å²) in [5, 5.41) is 8.89. The molecule has 1 rings (SSSR count). The first kappa shape index (κ1) is 16.5. The van der Waals surface area contributed by atoms with Crippen molar-refractivity contribution in [1.29, 1.82) is 0 Å².